The predicted molar refractivity (Wildman–Crippen MR) is 61.6 cm³/mol. The molecule has 2 atom stereocenters. The third kappa shape index (κ3) is 1.16. The first-order chi connectivity index (χ1) is 7.70. The molecule has 2 aliphatic rings. The summed E-state index contributed by atoms with van der Waals surface area (Å²) in [5.74, 6) is 0.861. The van der Waals surface area contributed by atoms with E-state index in [0.717, 1.165) is 6.42 Å². The minimum absolute atomic E-state index is 0.254. The maximum absolute atomic E-state index is 11.5. The number of allylic oxidation sites excluding steroid dienone is 1. The summed E-state index contributed by atoms with van der Waals surface area (Å²) < 4.78 is 4.74. The van der Waals surface area contributed by atoms with E-state index < -0.39 is 0 Å². The van der Waals surface area contributed by atoms with Crippen LogP contribution in [0.25, 0.3) is 0 Å². The van der Waals surface area contributed by atoms with Gasteiger partial charge < -0.3 is 4.74 Å². The van der Waals surface area contributed by atoms with Crippen LogP contribution in [0.5, 0.6) is 0 Å². The van der Waals surface area contributed by atoms with Gasteiger partial charge in [0.15, 0.2) is 0 Å². The van der Waals surface area contributed by atoms with Crippen molar-refractivity contribution in [3.63, 3.8) is 0 Å². The maximum atomic E-state index is 11.5. The van der Waals surface area contributed by atoms with Gasteiger partial charge in [-0.2, -0.15) is 0 Å². The van der Waals surface area contributed by atoms with Crippen molar-refractivity contribution in [1.29, 1.82) is 0 Å². The number of hydrogen-bond donors (Lipinski definition) is 0. The van der Waals surface area contributed by atoms with Crippen LogP contribution in [-0.2, 0) is 4.74 Å². The highest BCUT2D eigenvalue weighted by Gasteiger charge is 2.39. The van der Waals surface area contributed by atoms with Crippen LogP contribution in [0.15, 0.2) is 30.4 Å². The highest BCUT2D eigenvalue weighted by molar-refractivity contribution is 5.89. The Labute approximate surface area is 94.9 Å². The van der Waals surface area contributed by atoms with Crippen LogP contribution in [0.1, 0.15) is 46.2 Å². The van der Waals surface area contributed by atoms with E-state index in [1.54, 1.807) is 0 Å². The van der Waals surface area contributed by atoms with Gasteiger partial charge in [-0.25, -0.2) is 4.79 Å². The number of ether oxygens (including phenoxy) is 1. The van der Waals surface area contributed by atoms with E-state index in [-0.39, 0.29) is 5.97 Å². The normalized spacial score (nSPS) is 25.7. The molecule has 0 saturated heterocycles. The fourth-order valence-corrected chi connectivity index (χ4v) is 3.07. The van der Waals surface area contributed by atoms with Crippen LogP contribution in [0, 0.1) is 0 Å². The fourth-order valence-electron chi connectivity index (χ4n) is 3.07. The average Bonchev–Trinajstić information content (AvgIpc) is 2.84. The summed E-state index contributed by atoms with van der Waals surface area (Å²) in [6.07, 6.45) is 2.30. The number of carbonyl (C=O) groups excluding carboxylic acids is 1. The molecule has 0 spiro atoms. The molecular formula is C14H14O2. The largest absolute Gasteiger partial charge is 0.465 e. The molecule has 2 unspecified atom stereocenters. The van der Waals surface area contributed by atoms with E-state index in [1.807, 2.05) is 12.1 Å². The second-order valence-corrected chi connectivity index (χ2v) is 4.68. The molecule has 1 aromatic rings. The van der Waals surface area contributed by atoms with Gasteiger partial charge in [-0.15, -0.1) is 0 Å². The minimum Gasteiger partial charge on any atom is -0.465 e. The smallest absolute Gasteiger partial charge is 0.337 e. The standard InChI is InChI=1S/C14H14O2/c1-8-5-10-7-12(8)13-6-9(14(15)16-2)3-4-11(10)13/h3-4,6,10,12H,1,5,7H2,2H3. The Kier molecular flexibility index (Phi) is 1.93. The molecule has 0 N–H and O–H groups in total. The lowest BCUT2D eigenvalue weighted by atomic mass is 9.88. The summed E-state index contributed by atoms with van der Waals surface area (Å²) in [6, 6.07) is 5.93. The van der Waals surface area contributed by atoms with Crippen LogP contribution < -0.4 is 0 Å². The predicted octanol–water partition coefficient (Wildman–Crippen LogP) is 3.00. The molecule has 2 nitrogen and oxygen atoms in total. The summed E-state index contributed by atoms with van der Waals surface area (Å²) in [4.78, 5) is 11.5. The fraction of sp³-hybridized carbons (Fsp3) is 0.357. The summed E-state index contributed by atoms with van der Waals surface area (Å²) in [5, 5.41) is 0. The molecule has 16 heavy (non-hydrogen) atoms. The molecule has 0 radical (unpaired) electrons. The lowest BCUT2D eigenvalue weighted by molar-refractivity contribution is 0.0600. The first-order valence-electron chi connectivity index (χ1n) is 5.60. The Morgan fingerprint density at radius 1 is 1.44 bits per heavy atom. The van der Waals surface area contributed by atoms with Gasteiger partial charge in [0.1, 0.15) is 0 Å². The van der Waals surface area contributed by atoms with E-state index in [0.29, 0.717) is 17.4 Å². The maximum Gasteiger partial charge on any atom is 0.337 e. The van der Waals surface area contributed by atoms with Gasteiger partial charge in [-0.1, -0.05) is 18.2 Å². The van der Waals surface area contributed by atoms with E-state index in [4.69, 9.17) is 4.74 Å². The zero-order valence-electron chi connectivity index (χ0n) is 9.32. The Morgan fingerprint density at radius 3 is 3.00 bits per heavy atom. The number of rotatable bonds is 1. The summed E-state index contributed by atoms with van der Waals surface area (Å²) >= 11 is 0. The summed E-state index contributed by atoms with van der Waals surface area (Å²) in [6.45, 7) is 4.11. The molecule has 1 fully saturated rings. The number of hydrogen-bond acceptors (Lipinski definition) is 2. The molecule has 82 valence electrons. The topological polar surface area (TPSA) is 26.3 Å². The molecule has 0 aliphatic heterocycles. The zero-order chi connectivity index (χ0) is 11.3. The second-order valence-electron chi connectivity index (χ2n) is 4.68. The monoisotopic (exact) mass is 214 g/mol. The molecular weight excluding hydrogens is 200 g/mol. The number of esters is 1. The van der Waals surface area contributed by atoms with Crippen molar-refractivity contribution in [3.05, 3.63) is 47.0 Å². The van der Waals surface area contributed by atoms with E-state index in [2.05, 4.69) is 12.6 Å². The van der Waals surface area contributed by atoms with Crippen LogP contribution in [-0.4, -0.2) is 13.1 Å². The lowest BCUT2D eigenvalue weighted by Crippen LogP contribution is -2.05. The SMILES string of the molecule is C=C1CC2CC1c1cc(C(=O)OC)ccc12. The number of benzene rings is 1. The first-order valence-corrected chi connectivity index (χ1v) is 5.60. The highest BCUT2D eigenvalue weighted by atomic mass is 16.5. The van der Waals surface area contributed by atoms with Crippen molar-refractivity contribution < 1.29 is 9.53 Å². The van der Waals surface area contributed by atoms with Gasteiger partial charge in [0.25, 0.3) is 0 Å². The van der Waals surface area contributed by atoms with E-state index in [9.17, 15) is 4.79 Å². The summed E-state index contributed by atoms with van der Waals surface area (Å²) in [5.41, 5.74) is 4.68. The Hall–Kier alpha value is -1.57. The van der Waals surface area contributed by atoms with E-state index in [1.165, 1.54) is 30.2 Å². The number of carbonyl (C=O) groups is 1. The molecule has 1 aromatic carbocycles. The molecule has 2 aliphatic carbocycles. The summed E-state index contributed by atoms with van der Waals surface area (Å²) in [7, 11) is 1.42. The van der Waals surface area contributed by atoms with E-state index >= 15 is 0 Å². The van der Waals surface area contributed by atoms with Crippen molar-refractivity contribution in [3.8, 4) is 0 Å². The quantitative estimate of drug-likeness (QED) is 0.530. The number of methoxy groups -OCH3 is 1. The van der Waals surface area contributed by atoms with Gasteiger partial charge in [0.2, 0.25) is 0 Å². The van der Waals surface area contributed by atoms with Gasteiger partial charge >= 0.3 is 5.97 Å². The second kappa shape index (κ2) is 3.21. The Balaban J connectivity index is 2.07. The molecule has 0 amide bonds. The minimum atomic E-state index is -0.254. The van der Waals surface area contributed by atoms with Crippen LogP contribution in [0.2, 0.25) is 0 Å². The van der Waals surface area contributed by atoms with Gasteiger partial charge in [-0.05, 0) is 42.0 Å². The van der Waals surface area contributed by atoms with Crippen molar-refractivity contribution in [2.24, 2.45) is 0 Å². The van der Waals surface area contributed by atoms with Gasteiger partial charge in [-0.3, -0.25) is 0 Å². The van der Waals surface area contributed by atoms with Crippen molar-refractivity contribution in [2.75, 3.05) is 7.11 Å². The molecule has 1 saturated carbocycles. The van der Waals surface area contributed by atoms with Crippen LogP contribution in [0.3, 0.4) is 0 Å². The lowest BCUT2D eigenvalue weighted by Gasteiger charge is -2.17. The van der Waals surface area contributed by atoms with Crippen molar-refractivity contribution >= 4 is 5.97 Å². The third-order valence-corrected chi connectivity index (χ3v) is 3.84. The Bertz CT molecular complexity index is 488. The van der Waals surface area contributed by atoms with Crippen LogP contribution in [0.4, 0.5) is 0 Å². The third-order valence-electron chi connectivity index (χ3n) is 3.84. The van der Waals surface area contributed by atoms with Crippen molar-refractivity contribution in [1.82, 2.24) is 0 Å². The highest BCUT2D eigenvalue weighted by Crippen LogP contribution is 2.55. The molecule has 2 heteroatoms. The molecule has 2 bridgehead atoms. The van der Waals surface area contributed by atoms with Gasteiger partial charge in [0.05, 0.1) is 12.7 Å². The number of fused-ring (bicyclic) bond motifs is 5. The Morgan fingerprint density at radius 2 is 2.25 bits per heavy atom. The van der Waals surface area contributed by atoms with Gasteiger partial charge in [0, 0.05) is 5.92 Å². The molecule has 3 rings (SSSR count). The molecule has 0 heterocycles. The zero-order valence-corrected chi connectivity index (χ0v) is 9.32. The first kappa shape index (κ1) is 9.64. The van der Waals surface area contributed by atoms with Crippen molar-refractivity contribution in [2.45, 2.75) is 24.7 Å². The average molecular weight is 214 g/mol. The molecule has 0 aromatic heterocycles. The van der Waals surface area contributed by atoms with Crippen LogP contribution >= 0.6 is 0 Å².